The van der Waals surface area contributed by atoms with Gasteiger partial charge in [-0.05, 0) is 43.3 Å². The molecule has 2 amide bonds. The number of hydrogen-bond donors (Lipinski definition) is 2. The number of halogens is 1. The number of nitro groups is 1. The highest BCUT2D eigenvalue weighted by molar-refractivity contribution is 9.10. The van der Waals surface area contributed by atoms with Crippen LogP contribution in [0.25, 0.3) is 11.3 Å². The van der Waals surface area contributed by atoms with Crippen LogP contribution < -0.4 is 10.6 Å². The second-order valence-corrected chi connectivity index (χ2v) is 10.8. The highest BCUT2D eigenvalue weighted by atomic mass is 79.9. The summed E-state index contributed by atoms with van der Waals surface area (Å²) < 4.78 is 0.980. The summed E-state index contributed by atoms with van der Waals surface area (Å²) in [5.41, 5.74) is 2.29. The Kier molecular flexibility index (Phi) is 8.14. The summed E-state index contributed by atoms with van der Waals surface area (Å²) in [5, 5.41) is 18.6. The van der Waals surface area contributed by atoms with Gasteiger partial charge in [0.15, 0.2) is 5.13 Å². The summed E-state index contributed by atoms with van der Waals surface area (Å²) in [6.45, 7) is 1.79. The molecule has 3 aromatic carbocycles. The van der Waals surface area contributed by atoms with Gasteiger partial charge in [0.05, 0.1) is 15.9 Å². The summed E-state index contributed by atoms with van der Waals surface area (Å²) in [6, 6.07) is 20.4. The number of aromatic nitrogens is 1. The van der Waals surface area contributed by atoms with Gasteiger partial charge in [-0.3, -0.25) is 19.7 Å². The fourth-order valence-electron chi connectivity index (χ4n) is 3.16. The molecule has 0 aliphatic carbocycles. The molecule has 0 saturated heterocycles. The number of carbonyl (C=O) groups excluding carboxylic acids is 2. The van der Waals surface area contributed by atoms with Crippen LogP contribution in [-0.4, -0.2) is 27.0 Å². The first kappa shape index (κ1) is 25.5. The molecule has 0 saturated carbocycles. The molecule has 0 radical (unpaired) electrons. The van der Waals surface area contributed by atoms with Crippen LogP contribution in [0.2, 0.25) is 0 Å². The quantitative estimate of drug-likeness (QED) is 0.133. The van der Waals surface area contributed by atoms with Gasteiger partial charge in [-0.2, -0.15) is 0 Å². The van der Waals surface area contributed by atoms with Crippen molar-refractivity contribution in [2.45, 2.75) is 17.1 Å². The standard InChI is InChI=1S/C25H19BrN4O4S2/c1-15(23(31)29-25-28-22(14-35-25)16-8-10-18(26)11-9-16)36-21-7-3-5-19(13-21)27-24(32)17-4-2-6-20(12-17)30(33)34/h2-15H,1H3,(H,27,32)(H,28,29,31). The van der Waals surface area contributed by atoms with Crippen LogP contribution in [0.5, 0.6) is 0 Å². The van der Waals surface area contributed by atoms with Crippen molar-refractivity contribution in [1.82, 2.24) is 4.98 Å². The number of benzene rings is 3. The number of nitro benzene ring substituents is 1. The van der Waals surface area contributed by atoms with Gasteiger partial charge in [0.25, 0.3) is 11.6 Å². The maximum Gasteiger partial charge on any atom is 0.270 e. The monoisotopic (exact) mass is 582 g/mol. The predicted octanol–water partition coefficient (Wildman–Crippen LogP) is 6.85. The summed E-state index contributed by atoms with van der Waals surface area (Å²) in [7, 11) is 0. The predicted molar refractivity (Wildman–Crippen MR) is 147 cm³/mol. The maximum atomic E-state index is 12.7. The molecule has 0 aliphatic rings. The molecule has 1 unspecified atom stereocenters. The van der Waals surface area contributed by atoms with Crippen LogP contribution in [0.1, 0.15) is 17.3 Å². The lowest BCUT2D eigenvalue weighted by Crippen LogP contribution is -2.22. The molecular weight excluding hydrogens is 564 g/mol. The van der Waals surface area contributed by atoms with Crippen LogP contribution >= 0.6 is 39.0 Å². The first-order valence-electron chi connectivity index (χ1n) is 10.6. The lowest BCUT2D eigenvalue weighted by Gasteiger charge is -2.12. The lowest BCUT2D eigenvalue weighted by atomic mass is 10.2. The van der Waals surface area contributed by atoms with Crippen molar-refractivity contribution >= 4 is 67.3 Å². The number of nitrogens with zero attached hydrogens (tertiary/aromatic N) is 2. The fourth-order valence-corrected chi connectivity index (χ4v) is 5.07. The van der Waals surface area contributed by atoms with Gasteiger partial charge in [-0.25, -0.2) is 4.98 Å². The van der Waals surface area contributed by atoms with Gasteiger partial charge < -0.3 is 10.6 Å². The number of nitrogens with one attached hydrogen (secondary N) is 2. The Balaban J connectivity index is 1.36. The number of rotatable bonds is 8. The lowest BCUT2D eigenvalue weighted by molar-refractivity contribution is -0.384. The molecule has 11 heteroatoms. The van der Waals surface area contributed by atoms with Gasteiger partial charge in [0, 0.05) is 43.7 Å². The van der Waals surface area contributed by atoms with Gasteiger partial charge >= 0.3 is 0 Å². The molecular formula is C25H19BrN4O4S2. The minimum atomic E-state index is -0.548. The summed E-state index contributed by atoms with van der Waals surface area (Å²) in [4.78, 5) is 41.0. The average molecular weight is 583 g/mol. The van der Waals surface area contributed by atoms with Gasteiger partial charge in [0.2, 0.25) is 5.91 Å². The number of anilines is 2. The average Bonchev–Trinajstić information content (AvgIpc) is 3.33. The van der Waals surface area contributed by atoms with E-state index in [2.05, 4.69) is 31.5 Å². The van der Waals surface area contributed by atoms with E-state index in [0.717, 1.165) is 20.6 Å². The molecule has 0 aliphatic heterocycles. The Morgan fingerprint density at radius 2 is 1.81 bits per heavy atom. The largest absolute Gasteiger partial charge is 0.322 e. The molecule has 182 valence electrons. The number of thioether (sulfide) groups is 1. The molecule has 1 aromatic heterocycles. The Morgan fingerprint density at radius 1 is 1.06 bits per heavy atom. The molecule has 2 N–H and O–H groups in total. The highest BCUT2D eigenvalue weighted by Gasteiger charge is 2.17. The Labute approximate surface area is 223 Å². The Bertz CT molecular complexity index is 1430. The van der Waals surface area contributed by atoms with E-state index >= 15 is 0 Å². The molecule has 0 bridgehead atoms. The normalized spacial score (nSPS) is 11.5. The van der Waals surface area contributed by atoms with Crippen molar-refractivity contribution in [2.24, 2.45) is 0 Å². The number of non-ortho nitro benzene ring substituents is 1. The molecule has 1 atom stereocenters. The third-order valence-electron chi connectivity index (χ3n) is 4.97. The van der Waals surface area contributed by atoms with Crippen molar-refractivity contribution < 1.29 is 14.5 Å². The molecule has 4 aromatic rings. The SMILES string of the molecule is CC(Sc1cccc(NC(=O)c2cccc([N+](=O)[O-])c2)c1)C(=O)Nc1nc(-c2ccc(Br)cc2)cs1. The third-order valence-corrected chi connectivity index (χ3v) is 7.35. The zero-order valence-corrected chi connectivity index (χ0v) is 22.0. The van der Waals surface area contributed by atoms with E-state index in [0.29, 0.717) is 10.8 Å². The topological polar surface area (TPSA) is 114 Å². The number of carbonyl (C=O) groups is 2. The Hall–Kier alpha value is -3.54. The van der Waals surface area contributed by atoms with Crippen molar-refractivity contribution in [3.63, 3.8) is 0 Å². The molecule has 0 spiro atoms. The minimum absolute atomic E-state index is 0.156. The first-order chi connectivity index (χ1) is 17.3. The van der Waals surface area contributed by atoms with Gasteiger partial charge in [-0.15, -0.1) is 23.1 Å². The van der Waals surface area contributed by atoms with E-state index in [1.165, 1.54) is 47.4 Å². The first-order valence-corrected chi connectivity index (χ1v) is 13.2. The van der Waals surface area contributed by atoms with Crippen LogP contribution in [0.15, 0.2) is 87.5 Å². The van der Waals surface area contributed by atoms with E-state index < -0.39 is 16.1 Å². The number of thiazole rings is 1. The van der Waals surface area contributed by atoms with Crippen LogP contribution in [0, 0.1) is 10.1 Å². The zero-order chi connectivity index (χ0) is 25.7. The highest BCUT2D eigenvalue weighted by Crippen LogP contribution is 2.29. The summed E-state index contributed by atoms with van der Waals surface area (Å²) in [6.07, 6.45) is 0. The van der Waals surface area contributed by atoms with E-state index in [4.69, 9.17) is 0 Å². The second-order valence-electron chi connectivity index (χ2n) is 7.58. The van der Waals surface area contributed by atoms with Crippen molar-refractivity contribution in [1.29, 1.82) is 0 Å². The molecule has 36 heavy (non-hydrogen) atoms. The molecule has 0 fully saturated rings. The Morgan fingerprint density at radius 3 is 2.56 bits per heavy atom. The smallest absolute Gasteiger partial charge is 0.270 e. The van der Waals surface area contributed by atoms with E-state index in [1.807, 2.05) is 35.7 Å². The van der Waals surface area contributed by atoms with Crippen LogP contribution in [0.3, 0.4) is 0 Å². The maximum absolute atomic E-state index is 12.7. The zero-order valence-electron chi connectivity index (χ0n) is 18.8. The van der Waals surface area contributed by atoms with Crippen molar-refractivity contribution in [3.8, 4) is 11.3 Å². The van der Waals surface area contributed by atoms with Crippen LogP contribution in [0.4, 0.5) is 16.5 Å². The van der Waals surface area contributed by atoms with Gasteiger partial charge in [0.1, 0.15) is 0 Å². The van der Waals surface area contributed by atoms with E-state index in [1.54, 1.807) is 25.1 Å². The summed E-state index contributed by atoms with van der Waals surface area (Å²) in [5.74, 6) is -0.653. The van der Waals surface area contributed by atoms with Crippen molar-refractivity contribution in [2.75, 3.05) is 10.6 Å². The van der Waals surface area contributed by atoms with Crippen LogP contribution in [-0.2, 0) is 4.79 Å². The molecule has 4 rings (SSSR count). The minimum Gasteiger partial charge on any atom is -0.322 e. The fraction of sp³-hybridized carbons (Fsp3) is 0.0800. The third kappa shape index (κ3) is 6.56. The van der Waals surface area contributed by atoms with Crippen molar-refractivity contribution in [3.05, 3.63) is 98.3 Å². The number of amides is 2. The second kappa shape index (κ2) is 11.5. The van der Waals surface area contributed by atoms with Gasteiger partial charge in [-0.1, -0.05) is 40.2 Å². The van der Waals surface area contributed by atoms with E-state index in [-0.39, 0.29) is 17.2 Å². The number of hydrogen-bond acceptors (Lipinski definition) is 7. The molecule has 8 nitrogen and oxygen atoms in total. The molecule has 1 heterocycles. The summed E-state index contributed by atoms with van der Waals surface area (Å²) >= 11 is 6.11. The van der Waals surface area contributed by atoms with E-state index in [9.17, 15) is 19.7 Å².